The summed E-state index contributed by atoms with van der Waals surface area (Å²) in [6, 6.07) is 24.5. The first-order valence-corrected chi connectivity index (χ1v) is 11.0. The summed E-state index contributed by atoms with van der Waals surface area (Å²) in [4.78, 5) is 12.1. The Morgan fingerprint density at radius 1 is 0.900 bits per heavy atom. The van der Waals surface area contributed by atoms with Crippen molar-refractivity contribution in [3.8, 4) is 5.75 Å². The summed E-state index contributed by atoms with van der Waals surface area (Å²) in [5, 5.41) is 2.77. The van der Waals surface area contributed by atoms with Crippen molar-refractivity contribution in [2.45, 2.75) is 24.4 Å². The minimum atomic E-state index is -3.68. The van der Waals surface area contributed by atoms with E-state index in [2.05, 4.69) is 10.0 Å². The SMILES string of the molecule is C[C@@H](NS(=O)(=O)c1ccc(OCC(=O)NCc2ccccc2)cc1)c1ccccc1. The number of carbonyl (C=O) groups is 1. The van der Waals surface area contributed by atoms with Crippen molar-refractivity contribution in [2.24, 2.45) is 0 Å². The lowest BCUT2D eigenvalue weighted by Gasteiger charge is -2.15. The maximum Gasteiger partial charge on any atom is 0.258 e. The largest absolute Gasteiger partial charge is 0.484 e. The third-order valence-electron chi connectivity index (χ3n) is 4.47. The van der Waals surface area contributed by atoms with Gasteiger partial charge < -0.3 is 10.1 Å². The first-order chi connectivity index (χ1) is 14.4. The van der Waals surface area contributed by atoms with E-state index < -0.39 is 10.0 Å². The molecule has 0 unspecified atom stereocenters. The van der Waals surface area contributed by atoms with Crippen molar-refractivity contribution in [1.29, 1.82) is 0 Å². The first kappa shape index (κ1) is 21.5. The molecule has 0 aromatic heterocycles. The van der Waals surface area contributed by atoms with E-state index >= 15 is 0 Å². The van der Waals surface area contributed by atoms with Crippen molar-refractivity contribution in [1.82, 2.24) is 10.0 Å². The molecule has 1 amide bonds. The van der Waals surface area contributed by atoms with Gasteiger partial charge in [0.1, 0.15) is 5.75 Å². The fraction of sp³-hybridized carbons (Fsp3) is 0.174. The highest BCUT2D eigenvalue weighted by Crippen LogP contribution is 2.19. The molecule has 3 aromatic carbocycles. The van der Waals surface area contributed by atoms with E-state index in [0.29, 0.717) is 12.3 Å². The molecule has 0 saturated heterocycles. The number of carbonyl (C=O) groups excluding carboxylic acids is 1. The van der Waals surface area contributed by atoms with Crippen molar-refractivity contribution in [3.05, 3.63) is 96.1 Å². The van der Waals surface area contributed by atoms with Gasteiger partial charge in [0.05, 0.1) is 4.90 Å². The van der Waals surface area contributed by atoms with Crippen LogP contribution in [0.4, 0.5) is 0 Å². The quantitative estimate of drug-likeness (QED) is 0.551. The molecule has 3 aromatic rings. The second kappa shape index (κ2) is 10.0. The molecular weight excluding hydrogens is 400 g/mol. The standard InChI is InChI=1S/C23H24N2O4S/c1-18(20-10-6-3-7-11-20)25-30(27,28)22-14-12-21(13-15-22)29-17-23(26)24-16-19-8-4-2-5-9-19/h2-15,18,25H,16-17H2,1H3,(H,24,26)/t18-/m1/s1. The van der Waals surface area contributed by atoms with Crippen LogP contribution in [0.5, 0.6) is 5.75 Å². The summed E-state index contributed by atoms with van der Waals surface area (Å²) in [6.45, 7) is 2.06. The van der Waals surface area contributed by atoms with Gasteiger partial charge in [0.25, 0.3) is 5.91 Å². The van der Waals surface area contributed by atoms with Crippen LogP contribution >= 0.6 is 0 Å². The van der Waals surface area contributed by atoms with E-state index in [1.54, 1.807) is 6.92 Å². The average Bonchev–Trinajstić information content (AvgIpc) is 2.77. The Morgan fingerprint density at radius 2 is 1.50 bits per heavy atom. The summed E-state index contributed by atoms with van der Waals surface area (Å²) in [5.41, 5.74) is 1.88. The van der Waals surface area contributed by atoms with E-state index in [9.17, 15) is 13.2 Å². The lowest BCUT2D eigenvalue weighted by atomic mass is 10.1. The molecule has 156 valence electrons. The number of nitrogens with one attached hydrogen (secondary N) is 2. The van der Waals surface area contributed by atoms with E-state index in [4.69, 9.17) is 4.74 Å². The Kier molecular flexibility index (Phi) is 7.21. The van der Waals surface area contributed by atoms with Gasteiger partial charge >= 0.3 is 0 Å². The Hall–Kier alpha value is -3.16. The Labute approximate surface area is 177 Å². The van der Waals surface area contributed by atoms with Gasteiger partial charge in [-0.05, 0) is 42.3 Å². The average molecular weight is 425 g/mol. The van der Waals surface area contributed by atoms with E-state index in [1.807, 2.05) is 60.7 Å². The third-order valence-corrected chi connectivity index (χ3v) is 6.02. The summed E-state index contributed by atoms with van der Waals surface area (Å²) in [7, 11) is -3.68. The van der Waals surface area contributed by atoms with Crippen LogP contribution in [0.15, 0.2) is 89.8 Å². The van der Waals surface area contributed by atoms with Gasteiger partial charge in [-0.2, -0.15) is 0 Å². The molecule has 0 aliphatic heterocycles. The highest BCUT2D eigenvalue weighted by atomic mass is 32.2. The van der Waals surface area contributed by atoms with Crippen LogP contribution < -0.4 is 14.8 Å². The summed E-state index contributed by atoms with van der Waals surface area (Å²) < 4.78 is 33.3. The number of amides is 1. The van der Waals surface area contributed by atoms with Crippen LogP contribution in [0.3, 0.4) is 0 Å². The summed E-state index contributed by atoms with van der Waals surface area (Å²) in [6.07, 6.45) is 0. The molecule has 0 radical (unpaired) electrons. The molecule has 0 spiro atoms. The number of hydrogen-bond donors (Lipinski definition) is 2. The Bertz CT molecular complexity index is 1050. The predicted octanol–water partition coefficient (Wildman–Crippen LogP) is 3.42. The molecule has 1 atom stereocenters. The number of rotatable bonds is 9. The maximum atomic E-state index is 12.6. The normalized spacial score (nSPS) is 12.2. The smallest absolute Gasteiger partial charge is 0.258 e. The van der Waals surface area contributed by atoms with Crippen LogP contribution in [0, 0.1) is 0 Å². The minimum Gasteiger partial charge on any atom is -0.484 e. The summed E-state index contributed by atoms with van der Waals surface area (Å²) >= 11 is 0. The van der Waals surface area contributed by atoms with Crippen molar-refractivity contribution in [3.63, 3.8) is 0 Å². The van der Waals surface area contributed by atoms with Gasteiger partial charge in [0.2, 0.25) is 10.0 Å². The van der Waals surface area contributed by atoms with Crippen molar-refractivity contribution < 1.29 is 17.9 Å². The zero-order chi connectivity index (χ0) is 21.4. The van der Waals surface area contributed by atoms with Crippen molar-refractivity contribution >= 4 is 15.9 Å². The molecule has 0 aliphatic rings. The van der Waals surface area contributed by atoms with Gasteiger partial charge in [-0.25, -0.2) is 13.1 Å². The van der Waals surface area contributed by atoms with Gasteiger partial charge in [0, 0.05) is 12.6 Å². The zero-order valence-corrected chi connectivity index (χ0v) is 17.4. The highest BCUT2D eigenvalue weighted by Gasteiger charge is 2.18. The maximum absolute atomic E-state index is 12.6. The Morgan fingerprint density at radius 3 is 2.13 bits per heavy atom. The predicted molar refractivity (Wildman–Crippen MR) is 115 cm³/mol. The van der Waals surface area contributed by atoms with Crippen LogP contribution in [-0.4, -0.2) is 20.9 Å². The molecule has 0 saturated carbocycles. The topological polar surface area (TPSA) is 84.5 Å². The highest BCUT2D eigenvalue weighted by molar-refractivity contribution is 7.89. The zero-order valence-electron chi connectivity index (χ0n) is 16.6. The van der Waals surface area contributed by atoms with E-state index in [0.717, 1.165) is 11.1 Å². The molecular formula is C23H24N2O4S. The number of benzene rings is 3. The molecule has 7 heteroatoms. The Balaban J connectivity index is 1.52. The molecule has 3 rings (SSSR count). The molecule has 0 fully saturated rings. The fourth-order valence-electron chi connectivity index (χ4n) is 2.82. The van der Waals surface area contributed by atoms with Crippen LogP contribution in [0.2, 0.25) is 0 Å². The van der Waals surface area contributed by atoms with E-state index in [1.165, 1.54) is 24.3 Å². The molecule has 2 N–H and O–H groups in total. The lowest BCUT2D eigenvalue weighted by Crippen LogP contribution is -2.28. The number of sulfonamides is 1. The van der Waals surface area contributed by atoms with Gasteiger partial charge in [0.15, 0.2) is 6.61 Å². The fourth-order valence-corrected chi connectivity index (χ4v) is 4.05. The molecule has 6 nitrogen and oxygen atoms in total. The van der Waals surface area contributed by atoms with E-state index in [-0.39, 0.29) is 23.5 Å². The minimum absolute atomic E-state index is 0.131. The molecule has 0 bridgehead atoms. The van der Waals surface area contributed by atoms with Crippen LogP contribution in [0.25, 0.3) is 0 Å². The number of hydrogen-bond acceptors (Lipinski definition) is 4. The third kappa shape index (κ3) is 6.17. The second-order valence-corrected chi connectivity index (χ2v) is 8.49. The van der Waals surface area contributed by atoms with Gasteiger partial charge in [-0.1, -0.05) is 60.7 Å². The van der Waals surface area contributed by atoms with Crippen LogP contribution in [0.1, 0.15) is 24.1 Å². The lowest BCUT2D eigenvalue weighted by molar-refractivity contribution is -0.123. The monoisotopic (exact) mass is 424 g/mol. The molecule has 30 heavy (non-hydrogen) atoms. The molecule has 0 heterocycles. The second-order valence-electron chi connectivity index (χ2n) is 6.78. The summed E-state index contributed by atoms with van der Waals surface area (Å²) in [5.74, 6) is 0.161. The first-order valence-electron chi connectivity index (χ1n) is 9.55. The van der Waals surface area contributed by atoms with Gasteiger partial charge in [-0.3, -0.25) is 4.79 Å². The van der Waals surface area contributed by atoms with Gasteiger partial charge in [-0.15, -0.1) is 0 Å². The molecule has 0 aliphatic carbocycles. The van der Waals surface area contributed by atoms with Crippen molar-refractivity contribution in [2.75, 3.05) is 6.61 Å². The van der Waals surface area contributed by atoms with Crippen LogP contribution in [-0.2, 0) is 21.4 Å². The number of ether oxygens (including phenoxy) is 1.